The second-order valence-electron chi connectivity index (χ2n) is 8.34. The number of hydrogen-bond acceptors (Lipinski definition) is 3. The van der Waals surface area contributed by atoms with Crippen LogP contribution in [-0.2, 0) is 4.74 Å². The van der Waals surface area contributed by atoms with E-state index in [2.05, 4.69) is 19.2 Å². The summed E-state index contributed by atoms with van der Waals surface area (Å²) in [6, 6.07) is 0.464. The van der Waals surface area contributed by atoms with Crippen LogP contribution in [0.5, 0.6) is 0 Å². The normalized spacial score (nSPS) is 25.7. The first-order valence-electron chi connectivity index (χ1n) is 8.97. The Morgan fingerprint density at radius 3 is 2.50 bits per heavy atom. The van der Waals surface area contributed by atoms with Crippen molar-refractivity contribution in [1.82, 2.24) is 10.2 Å². The molecule has 1 aliphatic carbocycles. The molecule has 128 valence electrons. The van der Waals surface area contributed by atoms with E-state index in [-0.39, 0.29) is 6.09 Å². The summed E-state index contributed by atoms with van der Waals surface area (Å²) in [5, 5.41) is 3.70. The summed E-state index contributed by atoms with van der Waals surface area (Å²) in [4.78, 5) is 14.1. The van der Waals surface area contributed by atoms with Crippen LogP contribution in [0.25, 0.3) is 0 Å². The topological polar surface area (TPSA) is 41.6 Å². The van der Waals surface area contributed by atoms with E-state index in [0.717, 1.165) is 37.9 Å². The molecule has 22 heavy (non-hydrogen) atoms. The minimum atomic E-state index is -0.409. The zero-order valence-corrected chi connectivity index (χ0v) is 15.0. The standard InChI is InChI=1S/C18H34N2O2/c1-13(15-8-9-15)11-19-14(2)16-7-6-10-20(12-16)17(21)22-18(3,4)5/h13-16,19H,6-12H2,1-5H3. The van der Waals surface area contributed by atoms with E-state index in [9.17, 15) is 4.79 Å². The molecule has 0 aromatic rings. The smallest absolute Gasteiger partial charge is 0.410 e. The van der Waals surface area contributed by atoms with Crippen molar-refractivity contribution in [3.63, 3.8) is 0 Å². The number of nitrogens with one attached hydrogen (secondary N) is 1. The zero-order valence-electron chi connectivity index (χ0n) is 15.0. The highest BCUT2D eigenvalue weighted by atomic mass is 16.6. The van der Waals surface area contributed by atoms with Crippen LogP contribution < -0.4 is 5.32 Å². The molecule has 2 fully saturated rings. The van der Waals surface area contributed by atoms with Gasteiger partial charge in [-0.05, 0) is 77.7 Å². The number of rotatable bonds is 5. The number of carbonyl (C=O) groups excluding carboxylic acids is 1. The number of ether oxygens (including phenoxy) is 1. The van der Waals surface area contributed by atoms with Gasteiger partial charge in [0.05, 0.1) is 0 Å². The van der Waals surface area contributed by atoms with Crippen LogP contribution in [0.1, 0.15) is 60.3 Å². The highest BCUT2D eigenvalue weighted by molar-refractivity contribution is 5.68. The molecular weight excluding hydrogens is 276 g/mol. The summed E-state index contributed by atoms with van der Waals surface area (Å²) in [5.41, 5.74) is -0.409. The van der Waals surface area contributed by atoms with Gasteiger partial charge in [0.1, 0.15) is 5.60 Å². The lowest BCUT2D eigenvalue weighted by Gasteiger charge is -2.37. The summed E-state index contributed by atoms with van der Waals surface area (Å²) in [6.45, 7) is 13.2. The maximum absolute atomic E-state index is 12.2. The molecule has 0 spiro atoms. The Hall–Kier alpha value is -0.770. The number of piperidine rings is 1. The van der Waals surface area contributed by atoms with Gasteiger partial charge < -0.3 is 15.0 Å². The van der Waals surface area contributed by atoms with Crippen LogP contribution in [-0.4, -0.2) is 42.3 Å². The quantitative estimate of drug-likeness (QED) is 0.842. The van der Waals surface area contributed by atoms with Gasteiger partial charge in [-0.1, -0.05) is 6.92 Å². The summed E-state index contributed by atoms with van der Waals surface area (Å²) in [5.74, 6) is 2.27. The maximum atomic E-state index is 12.2. The Morgan fingerprint density at radius 1 is 1.23 bits per heavy atom. The Balaban J connectivity index is 1.77. The Morgan fingerprint density at radius 2 is 1.91 bits per heavy atom. The number of likely N-dealkylation sites (tertiary alicyclic amines) is 1. The molecule has 1 amide bonds. The van der Waals surface area contributed by atoms with Gasteiger partial charge in [0.15, 0.2) is 0 Å². The number of hydrogen-bond donors (Lipinski definition) is 1. The highest BCUT2D eigenvalue weighted by Gasteiger charge is 2.31. The Bertz CT molecular complexity index is 374. The predicted octanol–water partition coefficient (Wildman–Crippen LogP) is 3.66. The van der Waals surface area contributed by atoms with Gasteiger partial charge in [0, 0.05) is 19.1 Å². The van der Waals surface area contributed by atoms with Crippen molar-refractivity contribution in [2.24, 2.45) is 17.8 Å². The number of nitrogens with zero attached hydrogens (tertiary/aromatic N) is 1. The Kier molecular flexibility index (Phi) is 5.76. The molecule has 1 saturated heterocycles. The van der Waals surface area contributed by atoms with E-state index in [1.807, 2.05) is 25.7 Å². The second-order valence-corrected chi connectivity index (χ2v) is 8.34. The SMILES string of the molecule is CC(CNC(C)C1CCCN(C(=O)OC(C)(C)C)C1)C1CC1. The lowest BCUT2D eigenvalue weighted by atomic mass is 9.91. The maximum Gasteiger partial charge on any atom is 0.410 e. The summed E-state index contributed by atoms with van der Waals surface area (Å²) >= 11 is 0. The van der Waals surface area contributed by atoms with Gasteiger partial charge in [0.25, 0.3) is 0 Å². The highest BCUT2D eigenvalue weighted by Crippen LogP contribution is 2.36. The monoisotopic (exact) mass is 310 g/mol. The lowest BCUT2D eigenvalue weighted by molar-refractivity contribution is 0.0148. The van der Waals surface area contributed by atoms with Crippen LogP contribution in [0.2, 0.25) is 0 Å². The lowest BCUT2D eigenvalue weighted by Crippen LogP contribution is -2.48. The van der Waals surface area contributed by atoms with E-state index in [1.165, 1.54) is 19.3 Å². The molecule has 0 bridgehead atoms. The van der Waals surface area contributed by atoms with Crippen LogP contribution in [0.3, 0.4) is 0 Å². The molecule has 2 aliphatic rings. The average Bonchev–Trinajstić information content (AvgIpc) is 3.27. The van der Waals surface area contributed by atoms with Crippen molar-refractivity contribution < 1.29 is 9.53 Å². The molecule has 1 saturated carbocycles. The second kappa shape index (κ2) is 7.20. The first-order chi connectivity index (χ1) is 10.3. The van der Waals surface area contributed by atoms with Gasteiger partial charge in [-0.15, -0.1) is 0 Å². The molecule has 3 atom stereocenters. The molecule has 3 unspecified atom stereocenters. The molecule has 0 radical (unpaired) electrons. The van der Waals surface area contributed by atoms with Crippen LogP contribution in [0, 0.1) is 17.8 Å². The van der Waals surface area contributed by atoms with Gasteiger partial charge in [0.2, 0.25) is 0 Å². The van der Waals surface area contributed by atoms with Gasteiger partial charge in [-0.3, -0.25) is 0 Å². The average molecular weight is 310 g/mol. The predicted molar refractivity (Wildman–Crippen MR) is 89.9 cm³/mol. The van der Waals surface area contributed by atoms with Crippen LogP contribution >= 0.6 is 0 Å². The molecule has 4 nitrogen and oxygen atoms in total. The molecule has 0 aromatic carbocycles. The van der Waals surface area contributed by atoms with Crippen molar-refractivity contribution in [1.29, 1.82) is 0 Å². The van der Waals surface area contributed by atoms with Gasteiger partial charge >= 0.3 is 6.09 Å². The van der Waals surface area contributed by atoms with E-state index >= 15 is 0 Å². The number of amides is 1. The number of carbonyl (C=O) groups is 1. The van der Waals surface area contributed by atoms with Crippen molar-refractivity contribution >= 4 is 6.09 Å². The Labute approximate surface area is 136 Å². The fourth-order valence-corrected chi connectivity index (χ4v) is 3.28. The van der Waals surface area contributed by atoms with Crippen LogP contribution in [0.15, 0.2) is 0 Å². The fraction of sp³-hybridized carbons (Fsp3) is 0.944. The largest absolute Gasteiger partial charge is 0.444 e. The first kappa shape index (κ1) is 17.6. The summed E-state index contributed by atoms with van der Waals surface area (Å²) < 4.78 is 5.51. The minimum Gasteiger partial charge on any atom is -0.444 e. The molecule has 1 aliphatic heterocycles. The molecule has 1 N–H and O–H groups in total. The zero-order chi connectivity index (χ0) is 16.3. The van der Waals surface area contributed by atoms with Crippen molar-refractivity contribution in [3.05, 3.63) is 0 Å². The third kappa shape index (κ3) is 5.45. The minimum absolute atomic E-state index is 0.157. The van der Waals surface area contributed by atoms with Gasteiger partial charge in [-0.2, -0.15) is 0 Å². The van der Waals surface area contributed by atoms with E-state index in [1.54, 1.807) is 0 Å². The third-order valence-electron chi connectivity index (χ3n) is 5.01. The van der Waals surface area contributed by atoms with Crippen molar-refractivity contribution in [3.8, 4) is 0 Å². The molecule has 1 heterocycles. The molecular formula is C18H34N2O2. The fourth-order valence-electron chi connectivity index (χ4n) is 3.28. The van der Waals surface area contributed by atoms with E-state index in [0.29, 0.717) is 12.0 Å². The van der Waals surface area contributed by atoms with E-state index < -0.39 is 5.60 Å². The molecule has 2 rings (SSSR count). The first-order valence-corrected chi connectivity index (χ1v) is 8.97. The molecule has 4 heteroatoms. The summed E-state index contributed by atoms with van der Waals surface area (Å²) in [6.07, 6.45) is 4.94. The molecule has 0 aromatic heterocycles. The summed E-state index contributed by atoms with van der Waals surface area (Å²) in [7, 11) is 0. The van der Waals surface area contributed by atoms with E-state index in [4.69, 9.17) is 4.74 Å². The van der Waals surface area contributed by atoms with Crippen LogP contribution in [0.4, 0.5) is 4.79 Å². The van der Waals surface area contributed by atoms with Crippen molar-refractivity contribution in [2.75, 3.05) is 19.6 Å². The van der Waals surface area contributed by atoms with Gasteiger partial charge in [-0.25, -0.2) is 4.79 Å². The van der Waals surface area contributed by atoms with Crippen molar-refractivity contribution in [2.45, 2.75) is 71.9 Å². The third-order valence-corrected chi connectivity index (χ3v) is 5.01.